The van der Waals surface area contributed by atoms with Crippen LogP contribution in [0.25, 0.3) is 0 Å². The number of phenols is 1. The number of amides is 1. The Morgan fingerprint density at radius 1 is 1.30 bits per heavy atom. The van der Waals surface area contributed by atoms with Crippen LogP contribution in [0.5, 0.6) is 17.2 Å². The number of methoxy groups -OCH3 is 1. The smallest absolute Gasteiger partial charge is 0.277 e. The molecule has 2 aromatic carbocycles. The first-order valence-corrected chi connectivity index (χ1v) is 7.03. The first kappa shape index (κ1) is 16.6. The fourth-order valence-electron chi connectivity index (χ4n) is 1.67. The molecule has 23 heavy (non-hydrogen) atoms. The summed E-state index contributed by atoms with van der Waals surface area (Å²) in [6, 6.07) is 11.4. The molecule has 0 saturated heterocycles. The van der Waals surface area contributed by atoms with Crippen molar-refractivity contribution in [1.29, 1.82) is 0 Å². The Morgan fingerprint density at radius 2 is 2.04 bits per heavy atom. The Balaban J connectivity index is 1.82. The standard InChI is InChI=1S/C16H15ClN2O4/c1-22-15-8-11(2-7-14(15)20)9-18-19-16(21)10-23-13-5-3-12(17)4-6-13/h2-9,20H,10H2,1H3,(H,19,21)/b18-9-. The summed E-state index contributed by atoms with van der Waals surface area (Å²) in [5.74, 6) is 0.496. The van der Waals surface area contributed by atoms with E-state index in [1.165, 1.54) is 19.4 Å². The molecule has 0 bridgehead atoms. The fourth-order valence-corrected chi connectivity index (χ4v) is 1.79. The Hall–Kier alpha value is -2.73. The molecule has 6 nitrogen and oxygen atoms in total. The average Bonchev–Trinajstić information content (AvgIpc) is 2.56. The molecule has 0 aliphatic carbocycles. The first-order valence-electron chi connectivity index (χ1n) is 6.66. The highest BCUT2D eigenvalue weighted by Gasteiger charge is 2.03. The van der Waals surface area contributed by atoms with Crippen LogP contribution in [-0.4, -0.2) is 30.9 Å². The molecule has 2 aromatic rings. The third-order valence-electron chi connectivity index (χ3n) is 2.79. The number of rotatable bonds is 6. The van der Waals surface area contributed by atoms with E-state index in [0.29, 0.717) is 22.1 Å². The number of carbonyl (C=O) groups excluding carboxylic acids is 1. The van der Waals surface area contributed by atoms with Gasteiger partial charge in [0, 0.05) is 5.02 Å². The average molecular weight is 335 g/mol. The van der Waals surface area contributed by atoms with E-state index in [0.717, 1.165) is 0 Å². The van der Waals surface area contributed by atoms with Gasteiger partial charge in [0.15, 0.2) is 18.1 Å². The van der Waals surface area contributed by atoms with Crippen LogP contribution in [0, 0.1) is 0 Å². The second-order valence-corrected chi connectivity index (χ2v) is 4.90. The van der Waals surface area contributed by atoms with Gasteiger partial charge in [-0.2, -0.15) is 5.10 Å². The molecular formula is C16H15ClN2O4. The maximum atomic E-state index is 11.6. The van der Waals surface area contributed by atoms with Gasteiger partial charge in [-0.25, -0.2) is 5.43 Å². The summed E-state index contributed by atoms with van der Waals surface area (Å²) >= 11 is 5.75. The highest BCUT2D eigenvalue weighted by Crippen LogP contribution is 2.25. The Kier molecular flexibility index (Phi) is 5.82. The molecule has 0 saturated carbocycles. The van der Waals surface area contributed by atoms with Crippen LogP contribution in [0.1, 0.15) is 5.56 Å². The predicted molar refractivity (Wildman–Crippen MR) is 87.3 cm³/mol. The number of ether oxygens (including phenoxy) is 2. The summed E-state index contributed by atoms with van der Waals surface area (Å²) in [5.41, 5.74) is 3.01. The zero-order chi connectivity index (χ0) is 16.7. The summed E-state index contributed by atoms with van der Waals surface area (Å²) in [4.78, 5) is 11.6. The van der Waals surface area contributed by atoms with Crippen LogP contribution in [0.3, 0.4) is 0 Å². The maximum absolute atomic E-state index is 11.6. The van der Waals surface area contributed by atoms with Crippen LogP contribution in [0.15, 0.2) is 47.6 Å². The van der Waals surface area contributed by atoms with E-state index >= 15 is 0 Å². The molecule has 0 aliphatic rings. The SMILES string of the molecule is COc1cc(/C=N\NC(=O)COc2ccc(Cl)cc2)ccc1O. The van der Waals surface area contributed by atoms with Crippen molar-refractivity contribution in [3.63, 3.8) is 0 Å². The van der Waals surface area contributed by atoms with Crippen molar-refractivity contribution in [2.24, 2.45) is 5.10 Å². The van der Waals surface area contributed by atoms with Gasteiger partial charge < -0.3 is 14.6 Å². The van der Waals surface area contributed by atoms with Crippen molar-refractivity contribution < 1.29 is 19.4 Å². The number of hydrazone groups is 1. The van der Waals surface area contributed by atoms with E-state index in [4.69, 9.17) is 21.1 Å². The number of halogens is 1. The molecule has 2 N–H and O–H groups in total. The lowest BCUT2D eigenvalue weighted by molar-refractivity contribution is -0.123. The maximum Gasteiger partial charge on any atom is 0.277 e. The molecule has 2 rings (SSSR count). The minimum atomic E-state index is -0.401. The summed E-state index contributed by atoms with van der Waals surface area (Å²) in [5, 5.41) is 13.9. The highest BCUT2D eigenvalue weighted by molar-refractivity contribution is 6.30. The van der Waals surface area contributed by atoms with Crippen molar-refractivity contribution in [2.75, 3.05) is 13.7 Å². The minimum absolute atomic E-state index is 0.0325. The quantitative estimate of drug-likeness (QED) is 0.628. The second kappa shape index (κ2) is 8.05. The molecule has 1 amide bonds. The minimum Gasteiger partial charge on any atom is -0.504 e. The van der Waals surface area contributed by atoms with Gasteiger partial charge in [0.2, 0.25) is 0 Å². The predicted octanol–water partition coefficient (Wildman–Crippen LogP) is 2.58. The van der Waals surface area contributed by atoms with E-state index in [1.54, 1.807) is 36.4 Å². The lowest BCUT2D eigenvalue weighted by Crippen LogP contribution is -2.24. The second-order valence-electron chi connectivity index (χ2n) is 4.47. The summed E-state index contributed by atoms with van der Waals surface area (Å²) in [6.45, 7) is -0.169. The summed E-state index contributed by atoms with van der Waals surface area (Å²) < 4.78 is 10.3. The number of carbonyl (C=O) groups is 1. The van der Waals surface area contributed by atoms with Gasteiger partial charge in [-0.1, -0.05) is 11.6 Å². The van der Waals surface area contributed by atoms with Crippen molar-refractivity contribution in [3.05, 3.63) is 53.1 Å². The van der Waals surface area contributed by atoms with Gasteiger partial charge in [0.05, 0.1) is 13.3 Å². The molecule has 0 unspecified atom stereocenters. The molecule has 0 aromatic heterocycles. The van der Waals surface area contributed by atoms with Crippen molar-refractivity contribution in [3.8, 4) is 17.2 Å². The van der Waals surface area contributed by atoms with Crippen LogP contribution >= 0.6 is 11.6 Å². The number of aromatic hydroxyl groups is 1. The first-order chi connectivity index (χ1) is 11.1. The van der Waals surface area contributed by atoms with Gasteiger partial charge in [-0.05, 0) is 48.0 Å². The molecule has 0 heterocycles. The Morgan fingerprint density at radius 3 is 2.74 bits per heavy atom. The van der Waals surface area contributed by atoms with Crippen LogP contribution in [-0.2, 0) is 4.79 Å². The van der Waals surface area contributed by atoms with E-state index in [1.807, 2.05) is 0 Å². The van der Waals surface area contributed by atoms with Gasteiger partial charge in [0.1, 0.15) is 5.75 Å². The summed E-state index contributed by atoms with van der Waals surface area (Å²) in [7, 11) is 1.45. The van der Waals surface area contributed by atoms with Crippen molar-refractivity contribution in [2.45, 2.75) is 0 Å². The molecule has 0 fully saturated rings. The lowest BCUT2D eigenvalue weighted by Gasteiger charge is -2.05. The van der Waals surface area contributed by atoms with Crippen molar-refractivity contribution in [1.82, 2.24) is 5.43 Å². The van der Waals surface area contributed by atoms with E-state index < -0.39 is 5.91 Å². The van der Waals surface area contributed by atoms with E-state index in [-0.39, 0.29) is 12.4 Å². The Labute approximate surface area is 138 Å². The number of nitrogens with zero attached hydrogens (tertiary/aromatic N) is 1. The fraction of sp³-hybridized carbons (Fsp3) is 0.125. The number of nitrogens with one attached hydrogen (secondary N) is 1. The molecule has 120 valence electrons. The normalized spacial score (nSPS) is 10.5. The molecule has 0 atom stereocenters. The van der Waals surface area contributed by atoms with Crippen LogP contribution in [0.4, 0.5) is 0 Å². The van der Waals surface area contributed by atoms with Gasteiger partial charge >= 0.3 is 0 Å². The van der Waals surface area contributed by atoms with Gasteiger partial charge in [0.25, 0.3) is 5.91 Å². The molecule has 0 aliphatic heterocycles. The monoisotopic (exact) mass is 334 g/mol. The number of hydrogen-bond donors (Lipinski definition) is 2. The molecular weight excluding hydrogens is 320 g/mol. The third-order valence-corrected chi connectivity index (χ3v) is 3.04. The van der Waals surface area contributed by atoms with Crippen LogP contribution in [0.2, 0.25) is 5.02 Å². The number of phenolic OH excluding ortho intramolecular Hbond substituents is 1. The third kappa shape index (κ3) is 5.19. The van der Waals surface area contributed by atoms with Gasteiger partial charge in [-0.3, -0.25) is 4.79 Å². The van der Waals surface area contributed by atoms with E-state index in [9.17, 15) is 9.90 Å². The largest absolute Gasteiger partial charge is 0.504 e. The van der Waals surface area contributed by atoms with Crippen molar-refractivity contribution >= 4 is 23.7 Å². The van der Waals surface area contributed by atoms with Gasteiger partial charge in [-0.15, -0.1) is 0 Å². The topological polar surface area (TPSA) is 80.2 Å². The highest BCUT2D eigenvalue weighted by atomic mass is 35.5. The lowest BCUT2D eigenvalue weighted by atomic mass is 10.2. The van der Waals surface area contributed by atoms with E-state index in [2.05, 4.69) is 10.5 Å². The molecule has 7 heteroatoms. The molecule has 0 spiro atoms. The zero-order valence-electron chi connectivity index (χ0n) is 12.3. The summed E-state index contributed by atoms with van der Waals surface area (Å²) in [6.07, 6.45) is 1.43. The number of benzene rings is 2. The zero-order valence-corrected chi connectivity index (χ0v) is 13.1. The number of hydrogen-bond acceptors (Lipinski definition) is 5. The van der Waals surface area contributed by atoms with Crippen LogP contribution < -0.4 is 14.9 Å². The molecule has 0 radical (unpaired) electrons. The Bertz CT molecular complexity index is 702.